The van der Waals surface area contributed by atoms with Crippen molar-refractivity contribution in [2.45, 2.75) is 58.4 Å². The summed E-state index contributed by atoms with van der Waals surface area (Å²) in [5, 5.41) is 3.38. The Labute approximate surface area is 220 Å². The van der Waals surface area contributed by atoms with Gasteiger partial charge in [0.25, 0.3) is 0 Å². The minimum atomic E-state index is 0.281. The van der Waals surface area contributed by atoms with Gasteiger partial charge < -0.3 is 14.8 Å². The second kappa shape index (κ2) is 14.3. The van der Waals surface area contributed by atoms with Crippen molar-refractivity contribution in [1.29, 1.82) is 0 Å². The maximum Gasteiger partial charge on any atom is 0.227 e. The average molecular weight is 499 g/mol. The van der Waals surface area contributed by atoms with Gasteiger partial charge in [-0.1, -0.05) is 42.8 Å². The number of ether oxygens (including phenoxy) is 1. The van der Waals surface area contributed by atoms with Crippen LogP contribution in [-0.2, 0) is 11.3 Å². The number of anilines is 2. The van der Waals surface area contributed by atoms with Crippen molar-refractivity contribution < 1.29 is 9.53 Å². The Morgan fingerprint density at radius 2 is 1.95 bits per heavy atom. The van der Waals surface area contributed by atoms with Crippen LogP contribution < -0.4 is 10.1 Å². The fraction of sp³-hybridized carbons (Fsp3) is 0.387. The number of hydrogen-bond acceptors (Lipinski definition) is 6. The number of Topliss-reactive ketones (excluding diaryl/α,β-unsaturated/α-hetero) is 1. The Hall–Kier alpha value is -3.51. The second-order valence-corrected chi connectivity index (χ2v) is 9.68. The van der Waals surface area contributed by atoms with E-state index in [1.807, 2.05) is 36.4 Å². The van der Waals surface area contributed by atoms with Crippen LogP contribution in [0.2, 0.25) is 0 Å². The molecule has 1 aromatic heterocycles. The molecule has 6 bridgehead atoms. The van der Waals surface area contributed by atoms with Gasteiger partial charge in [-0.05, 0) is 81.5 Å². The molecule has 194 valence electrons. The highest BCUT2D eigenvalue weighted by Gasteiger charge is 2.08. The number of carbonyl (C=O) groups is 1. The molecule has 0 saturated heterocycles. The van der Waals surface area contributed by atoms with E-state index in [9.17, 15) is 4.79 Å². The summed E-state index contributed by atoms with van der Waals surface area (Å²) in [6.07, 6.45) is 13.4. The number of fused-ring (bicyclic) bond motifs is 7. The second-order valence-electron chi connectivity index (χ2n) is 9.68. The van der Waals surface area contributed by atoms with Crippen LogP contribution in [0.25, 0.3) is 11.3 Å². The molecule has 6 nitrogen and oxygen atoms in total. The molecule has 0 radical (unpaired) electrons. The van der Waals surface area contributed by atoms with E-state index in [-0.39, 0.29) is 5.78 Å². The van der Waals surface area contributed by atoms with Gasteiger partial charge in [-0.3, -0.25) is 4.90 Å². The van der Waals surface area contributed by atoms with Gasteiger partial charge in [0.1, 0.15) is 11.5 Å². The Kier molecular flexibility index (Phi) is 10.3. The summed E-state index contributed by atoms with van der Waals surface area (Å²) >= 11 is 0. The quantitative estimate of drug-likeness (QED) is 0.293. The first kappa shape index (κ1) is 26.6. The summed E-state index contributed by atoms with van der Waals surface area (Å²) in [6.45, 7) is 5.17. The summed E-state index contributed by atoms with van der Waals surface area (Å²) < 4.78 is 6.01. The van der Waals surface area contributed by atoms with Gasteiger partial charge in [0.2, 0.25) is 5.95 Å². The molecule has 1 aliphatic heterocycles. The predicted molar refractivity (Wildman–Crippen MR) is 150 cm³/mol. The standard InChI is InChI=1S/C31H38N4O2/c1-25(36)12-6-5-8-20-35-19-7-3-2-4-9-21-37-29-16-11-14-27(23-29)30-17-18-32-31(34-30)33-28-15-10-13-26(22-28)24-35/h3,7,10-11,13-18,22-23H,2,4-6,8-9,12,19-21,24H2,1H3,(H,32,33,34)/b7-3-. The van der Waals surface area contributed by atoms with E-state index in [1.54, 1.807) is 13.1 Å². The van der Waals surface area contributed by atoms with Crippen LogP contribution in [0.3, 0.4) is 0 Å². The van der Waals surface area contributed by atoms with Crippen molar-refractivity contribution >= 4 is 17.4 Å². The number of benzene rings is 2. The fourth-order valence-electron chi connectivity index (χ4n) is 4.48. The van der Waals surface area contributed by atoms with Gasteiger partial charge in [-0.15, -0.1) is 0 Å². The molecule has 37 heavy (non-hydrogen) atoms. The zero-order chi connectivity index (χ0) is 25.7. The minimum absolute atomic E-state index is 0.281. The number of unbranched alkanes of at least 4 members (excludes halogenated alkanes) is 2. The van der Waals surface area contributed by atoms with E-state index < -0.39 is 0 Å². The number of aromatic nitrogens is 2. The van der Waals surface area contributed by atoms with Crippen LogP contribution in [0.4, 0.5) is 11.6 Å². The topological polar surface area (TPSA) is 67.4 Å². The Morgan fingerprint density at radius 1 is 1.03 bits per heavy atom. The monoisotopic (exact) mass is 498 g/mol. The lowest BCUT2D eigenvalue weighted by Gasteiger charge is -2.21. The summed E-state index contributed by atoms with van der Waals surface area (Å²) in [5.41, 5.74) is 4.08. The van der Waals surface area contributed by atoms with Gasteiger partial charge >= 0.3 is 0 Å². The molecule has 3 aromatic rings. The Bertz CT molecular complexity index is 1180. The summed E-state index contributed by atoms with van der Waals surface area (Å²) in [5.74, 6) is 1.71. The Morgan fingerprint density at radius 3 is 2.86 bits per heavy atom. The molecule has 0 atom stereocenters. The molecule has 2 heterocycles. The van der Waals surface area contributed by atoms with E-state index in [1.165, 1.54) is 5.56 Å². The van der Waals surface area contributed by atoms with Crippen LogP contribution in [0, 0.1) is 0 Å². The third-order valence-corrected chi connectivity index (χ3v) is 6.44. The summed E-state index contributed by atoms with van der Waals surface area (Å²) in [7, 11) is 0. The predicted octanol–water partition coefficient (Wildman–Crippen LogP) is 6.96. The lowest BCUT2D eigenvalue weighted by Crippen LogP contribution is -2.24. The van der Waals surface area contributed by atoms with Gasteiger partial charge in [0, 0.05) is 37.0 Å². The molecule has 0 amide bonds. The first-order valence-corrected chi connectivity index (χ1v) is 13.4. The van der Waals surface area contributed by atoms with E-state index in [4.69, 9.17) is 9.72 Å². The molecule has 2 aromatic carbocycles. The lowest BCUT2D eigenvalue weighted by molar-refractivity contribution is -0.117. The average Bonchev–Trinajstić information content (AvgIpc) is 2.89. The molecule has 6 heteroatoms. The molecular formula is C31H38N4O2. The van der Waals surface area contributed by atoms with Gasteiger partial charge in [0.05, 0.1) is 12.3 Å². The largest absolute Gasteiger partial charge is 0.494 e. The fourth-order valence-corrected chi connectivity index (χ4v) is 4.48. The highest BCUT2D eigenvalue weighted by Crippen LogP contribution is 2.24. The Balaban J connectivity index is 1.50. The zero-order valence-corrected chi connectivity index (χ0v) is 21.9. The number of carbonyl (C=O) groups excluding carboxylic acids is 1. The highest BCUT2D eigenvalue weighted by molar-refractivity contribution is 5.75. The van der Waals surface area contributed by atoms with Crippen LogP contribution in [0.15, 0.2) is 72.9 Å². The maximum absolute atomic E-state index is 11.3. The third-order valence-electron chi connectivity index (χ3n) is 6.44. The van der Waals surface area contributed by atoms with Crippen molar-refractivity contribution in [1.82, 2.24) is 14.9 Å². The van der Waals surface area contributed by atoms with Crippen LogP contribution >= 0.6 is 0 Å². The smallest absolute Gasteiger partial charge is 0.227 e. The molecular weight excluding hydrogens is 460 g/mol. The third kappa shape index (κ3) is 9.14. The van der Waals surface area contributed by atoms with E-state index in [0.717, 1.165) is 80.9 Å². The molecule has 0 saturated carbocycles. The summed E-state index contributed by atoms with van der Waals surface area (Å²) in [6, 6.07) is 18.5. The van der Waals surface area contributed by atoms with Crippen molar-refractivity contribution in [2.24, 2.45) is 0 Å². The molecule has 1 N–H and O–H groups in total. The highest BCUT2D eigenvalue weighted by atomic mass is 16.5. The number of rotatable bonds is 6. The lowest BCUT2D eigenvalue weighted by atomic mass is 10.1. The number of allylic oxidation sites excluding steroid dienone is 1. The molecule has 0 unspecified atom stereocenters. The number of hydrogen-bond donors (Lipinski definition) is 1. The first-order valence-electron chi connectivity index (χ1n) is 13.4. The molecule has 4 rings (SSSR count). The molecule has 1 aliphatic rings. The van der Waals surface area contributed by atoms with Gasteiger partial charge in [0.15, 0.2) is 0 Å². The summed E-state index contributed by atoms with van der Waals surface area (Å²) in [4.78, 5) is 22.9. The SMILES string of the molecule is CC(=O)CCCCCN1C/C=C\CCCCOc2cccc(c2)-c2ccnc(n2)Nc2cccc(c2)C1. The van der Waals surface area contributed by atoms with Crippen LogP contribution in [0.1, 0.15) is 57.4 Å². The maximum atomic E-state index is 11.3. The van der Waals surface area contributed by atoms with Crippen molar-refractivity contribution in [3.05, 3.63) is 78.5 Å². The van der Waals surface area contributed by atoms with E-state index >= 15 is 0 Å². The zero-order valence-electron chi connectivity index (χ0n) is 21.9. The molecule has 0 fully saturated rings. The van der Waals surface area contributed by atoms with Crippen LogP contribution in [0.5, 0.6) is 5.75 Å². The van der Waals surface area contributed by atoms with Crippen molar-refractivity contribution in [3.8, 4) is 17.0 Å². The van der Waals surface area contributed by atoms with Crippen molar-refractivity contribution in [3.63, 3.8) is 0 Å². The normalized spacial score (nSPS) is 15.7. The van der Waals surface area contributed by atoms with Crippen molar-refractivity contribution in [2.75, 3.05) is 25.0 Å². The number of nitrogens with one attached hydrogen (secondary N) is 1. The van der Waals surface area contributed by atoms with E-state index in [0.29, 0.717) is 19.0 Å². The first-order chi connectivity index (χ1) is 18.2. The molecule has 0 aliphatic carbocycles. The number of nitrogens with zero attached hydrogens (tertiary/aromatic N) is 3. The minimum Gasteiger partial charge on any atom is -0.494 e. The number of ketones is 1. The van der Waals surface area contributed by atoms with Crippen LogP contribution in [-0.4, -0.2) is 40.3 Å². The van der Waals surface area contributed by atoms with Gasteiger partial charge in [-0.2, -0.15) is 0 Å². The van der Waals surface area contributed by atoms with E-state index in [2.05, 4.69) is 45.6 Å². The molecule has 0 spiro atoms. The van der Waals surface area contributed by atoms with Gasteiger partial charge in [-0.25, -0.2) is 9.97 Å².